The van der Waals surface area contributed by atoms with Crippen LogP contribution < -0.4 is 0 Å². The van der Waals surface area contributed by atoms with E-state index >= 15 is 0 Å². The van der Waals surface area contributed by atoms with Crippen molar-refractivity contribution in [1.82, 2.24) is 8.84 Å². The third-order valence-corrected chi connectivity index (χ3v) is 5.79. The molecule has 156 valence electrons. The summed E-state index contributed by atoms with van der Waals surface area (Å²) in [5, 5.41) is 0. The van der Waals surface area contributed by atoms with Crippen LogP contribution in [-0.4, -0.2) is 21.9 Å². The van der Waals surface area contributed by atoms with Crippen molar-refractivity contribution < 1.29 is 0 Å². The highest BCUT2D eigenvalue weighted by Gasteiger charge is 2.24. The van der Waals surface area contributed by atoms with E-state index in [9.17, 15) is 0 Å². The van der Waals surface area contributed by atoms with Gasteiger partial charge in [-0.3, -0.25) is 0 Å². The van der Waals surface area contributed by atoms with E-state index in [0.717, 1.165) is 26.2 Å². The standard InChI is InChI=1S/C22H28Cl2N2.2ClH/c23-25(15-19-7-3-1-4-8-19)17-21-11-13-22(14-12-21)18-26(24)16-20-9-5-2-6-10-20;;/h1-10,21-22H,11-18H2;2*1H. The largest absolute Gasteiger partial charge is 0.215 e. The van der Waals surface area contributed by atoms with Gasteiger partial charge in [0, 0.05) is 26.2 Å². The van der Waals surface area contributed by atoms with E-state index in [1.807, 2.05) is 21.0 Å². The van der Waals surface area contributed by atoms with Crippen LogP contribution in [0.5, 0.6) is 0 Å². The second kappa shape index (κ2) is 13.7. The normalized spacial score (nSPS) is 19.1. The lowest BCUT2D eigenvalue weighted by Gasteiger charge is -2.31. The summed E-state index contributed by atoms with van der Waals surface area (Å²) in [6, 6.07) is 20.9. The fourth-order valence-corrected chi connectivity index (χ4v) is 4.52. The van der Waals surface area contributed by atoms with Crippen LogP contribution in [0.25, 0.3) is 0 Å². The number of hydrogen-bond donors (Lipinski definition) is 0. The molecule has 0 spiro atoms. The van der Waals surface area contributed by atoms with Gasteiger partial charge in [-0.25, -0.2) is 8.84 Å². The predicted octanol–water partition coefficient (Wildman–Crippen LogP) is 6.95. The molecule has 0 N–H and O–H groups in total. The van der Waals surface area contributed by atoms with E-state index in [4.69, 9.17) is 23.6 Å². The van der Waals surface area contributed by atoms with Crippen LogP contribution in [0.3, 0.4) is 0 Å². The quantitative estimate of drug-likeness (QED) is 0.390. The fourth-order valence-electron chi connectivity index (χ4n) is 3.85. The summed E-state index contributed by atoms with van der Waals surface area (Å²) < 4.78 is 3.90. The van der Waals surface area contributed by atoms with Crippen molar-refractivity contribution in [2.75, 3.05) is 13.1 Å². The van der Waals surface area contributed by atoms with Gasteiger partial charge in [0.2, 0.25) is 0 Å². The van der Waals surface area contributed by atoms with Gasteiger partial charge in [-0.2, -0.15) is 0 Å². The number of nitrogens with zero attached hydrogens (tertiary/aromatic N) is 2. The Kier molecular flexibility index (Phi) is 12.5. The Labute approximate surface area is 192 Å². The number of hydrogen-bond acceptors (Lipinski definition) is 2. The summed E-state index contributed by atoms with van der Waals surface area (Å²) in [6.07, 6.45) is 5.00. The maximum atomic E-state index is 6.46. The van der Waals surface area contributed by atoms with Crippen molar-refractivity contribution in [3.8, 4) is 0 Å². The summed E-state index contributed by atoms with van der Waals surface area (Å²) in [5.41, 5.74) is 2.55. The smallest absolute Gasteiger partial charge is 0.0389 e. The molecule has 0 aliphatic heterocycles. The monoisotopic (exact) mass is 462 g/mol. The minimum absolute atomic E-state index is 0. The van der Waals surface area contributed by atoms with Crippen molar-refractivity contribution in [2.24, 2.45) is 11.8 Å². The molecule has 28 heavy (non-hydrogen) atoms. The Bertz CT molecular complexity index is 576. The van der Waals surface area contributed by atoms with Crippen LogP contribution >= 0.6 is 48.4 Å². The molecular weight excluding hydrogens is 434 g/mol. The van der Waals surface area contributed by atoms with Crippen LogP contribution in [0.4, 0.5) is 0 Å². The van der Waals surface area contributed by atoms with Gasteiger partial charge in [0.25, 0.3) is 0 Å². The number of halogens is 4. The summed E-state index contributed by atoms with van der Waals surface area (Å²) in [7, 11) is 0. The SMILES string of the molecule is Cl.Cl.ClN(Cc1ccccc1)CC1CCC(CN(Cl)Cc2ccccc2)CC1. The molecule has 0 amide bonds. The van der Waals surface area contributed by atoms with Gasteiger partial charge in [0.05, 0.1) is 0 Å². The van der Waals surface area contributed by atoms with Crippen molar-refractivity contribution in [3.63, 3.8) is 0 Å². The summed E-state index contributed by atoms with van der Waals surface area (Å²) in [5.74, 6) is 1.40. The molecule has 0 heterocycles. The minimum atomic E-state index is 0. The minimum Gasteiger partial charge on any atom is -0.215 e. The Balaban J connectivity index is 0.00000196. The summed E-state index contributed by atoms with van der Waals surface area (Å²) >= 11 is 12.9. The van der Waals surface area contributed by atoms with Crippen molar-refractivity contribution >= 4 is 48.4 Å². The third kappa shape index (κ3) is 8.90. The summed E-state index contributed by atoms with van der Waals surface area (Å²) in [4.78, 5) is 0. The van der Waals surface area contributed by atoms with E-state index in [2.05, 4.69) is 48.5 Å². The maximum absolute atomic E-state index is 6.46. The first-order chi connectivity index (χ1) is 12.7. The van der Waals surface area contributed by atoms with Gasteiger partial charge in [-0.05, 0) is 72.2 Å². The molecule has 1 aliphatic carbocycles. The average Bonchev–Trinajstić information content (AvgIpc) is 2.65. The Hall–Kier alpha value is -0.480. The zero-order valence-electron chi connectivity index (χ0n) is 16.1. The summed E-state index contributed by atoms with van der Waals surface area (Å²) in [6.45, 7) is 3.57. The molecule has 0 bridgehead atoms. The van der Waals surface area contributed by atoms with Crippen LogP contribution in [0.15, 0.2) is 60.7 Å². The molecule has 2 aromatic rings. The molecular formula is C22H30Cl4N2. The maximum Gasteiger partial charge on any atom is 0.0389 e. The van der Waals surface area contributed by atoms with Gasteiger partial charge in [0.15, 0.2) is 0 Å². The van der Waals surface area contributed by atoms with E-state index in [1.54, 1.807) is 0 Å². The first kappa shape index (κ1) is 25.6. The molecule has 1 saturated carbocycles. The zero-order valence-corrected chi connectivity index (χ0v) is 19.2. The fraction of sp³-hybridized carbons (Fsp3) is 0.455. The molecule has 2 nitrogen and oxygen atoms in total. The van der Waals surface area contributed by atoms with Crippen molar-refractivity contribution in [1.29, 1.82) is 0 Å². The lowest BCUT2D eigenvalue weighted by atomic mass is 9.82. The van der Waals surface area contributed by atoms with E-state index < -0.39 is 0 Å². The molecule has 6 heteroatoms. The highest BCUT2D eigenvalue weighted by atomic mass is 35.5. The first-order valence-electron chi connectivity index (χ1n) is 9.58. The van der Waals surface area contributed by atoms with Crippen LogP contribution in [0.2, 0.25) is 0 Å². The molecule has 1 fully saturated rings. The lowest BCUT2D eigenvalue weighted by molar-refractivity contribution is 0.210. The molecule has 0 aromatic heterocycles. The van der Waals surface area contributed by atoms with E-state index in [0.29, 0.717) is 11.8 Å². The highest BCUT2D eigenvalue weighted by molar-refractivity contribution is 6.13. The first-order valence-corrected chi connectivity index (χ1v) is 10.3. The molecule has 2 aromatic carbocycles. The van der Waals surface area contributed by atoms with E-state index in [1.165, 1.54) is 36.8 Å². The van der Waals surface area contributed by atoms with Crippen LogP contribution in [0.1, 0.15) is 36.8 Å². The van der Waals surface area contributed by atoms with Crippen LogP contribution in [0, 0.1) is 11.8 Å². The topological polar surface area (TPSA) is 6.48 Å². The molecule has 0 radical (unpaired) electrons. The number of rotatable bonds is 8. The van der Waals surface area contributed by atoms with Gasteiger partial charge >= 0.3 is 0 Å². The molecule has 0 atom stereocenters. The predicted molar refractivity (Wildman–Crippen MR) is 125 cm³/mol. The Morgan fingerprint density at radius 1 is 0.607 bits per heavy atom. The van der Waals surface area contributed by atoms with Gasteiger partial charge in [-0.1, -0.05) is 60.7 Å². The van der Waals surface area contributed by atoms with Crippen molar-refractivity contribution in [3.05, 3.63) is 71.8 Å². The Morgan fingerprint density at radius 3 is 1.25 bits per heavy atom. The Morgan fingerprint density at radius 2 is 0.929 bits per heavy atom. The number of benzene rings is 2. The highest BCUT2D eigenvalue weighted by Crippen LogP contribution is 2.31. The second-order valence-electron chi connectivity index (χ2n) is 7.46. The molecule has 3 rings (SSSR count). The molecule has 0 unspecified atom stereocenters. The average molecular weight is 464 g/mol. The zero-order chi connectivity index (χ0) is 18.2. The lowest BCUT2D eigenvalue weighted by Crippen LogP contribution is -2.29. The third-order valence-electron chi connectivity index (χ3n) is 5.27. The van der Waals surface area contributed by atoms with Crippen molar-refractivity contribution in [2.45, 2.75) is 38.8 Å². The van der Waals surface area contributed by atoms with Gasteiger partial charge in [0.1, 0.15) is 0 Å². The van der Waals surface area contributed by atoms with Gasteiger partial charge in [-0.15, -0.1) is 24.8 Å². The second-order valence-corrected chi connectivity index (χ2v) is 8.42. The molecule has 0 saturated heterocycles. The molecule has 1 aliphatic rings. The van der Waals surface area contributed by atoms with E-state index in [-0.39, 0.29) is 24.8 Å². The van der Waals surface area contributed by atoms with Gasteiger partial charge < -0.3 is 0 Å². The van der Waals surface area contributed by atoms with Crippen LogP contribution in [-0.2, 0) is 13.1 Å².